The van der Waals surface area contributed by atoms with Crippen LogP contribution in [0, 0.1) is 0 Å². The van der Waals surface area contributed by atoms with E-state index in [1.54, 1.807) is 49.4 Å². The zero-order valence-corrected chi connectivity index (χ0v) is 28.3. The Hall–Kier alpha value is -3.67. The number of nitrogens with zero attached hydrogens (tertiary/aromatic N) is 2. The fraction of sp³-hybridized carbons (Fsp3) is 0.375. The van der Waals surface area contributed by atoms with Crippen molar-refractivity contribution in [1.29, 1.82) is 0 Å². The van der Waals surface area contributed by atoms with E-state index in [2.05, 4.69) is 5.32 Å². The smallest absolute Gasteiger partial charge is 0.264 e. The second kappa shape index (κ2) is 16.6. The van der Waals surface area contributed by atoms with Gasteiger partial charge in [-0.2, -0.15) is 0 Å². The molecule has 0 heterocycles. The van der Waals surface area contributed by atoms with E-state index in [1.165, 1.54) is 37.3 Å². The number of carbonyl (C=O) groups excluding carboxylic acids is 2. The van der Waals surface area contributed by atoms with Gasteiger partial charge >= 0.3 is 0 Å². The van der Waals surface area contributed by atoms with E-state index >= 15 is 0 Å². The predicted octanol–water partition coefficient (Wildman–Crippen LogP) is 5.94. The molecule has 1 atom stereocenters. The number of nitrogens with one attached hydrogen (secondary N) is 1. The van der Waals surface area contributed by atoms with E-state index in [9.17, 15) is 18.0 Å². The molecule has 3 rings (SSSR count). The first-order chi connectivity index (χ1) is 21.5. The normalized spacial score (nSPS) is 11.8. The Morgan fingerprint density at radius 3 is 2.16 bits per heavy atom. The highest BCUT2D eigenvalue weighted by Crippen LogP contribution is 2.33. The van der Waals surface area contributed by atoms with Crippen LogP contribution in [0.5, 0.6) is 17.2 Å². The lowest BCUT2D eigenvalue weighted by molar-refractivity contribution is -0.139. The van der Waals surface area contributed by atoms with Crippen LogP contribution in [0.3, 0.4) is 0 Å². The van der Waals surface area contributed by atoms with Crippen LogP contribution in [0.25, 0.3) is 0 Å². The van der Waals surface area contributed by atoms with Gasteiger partial charge in [0, 0.05) is 34.8 Å². The number of ether oxygens (including phenoxy) is 3. The SMILES string of the molecule is CCCCNC(=O)[C@@H](C)N(Cc1c(Cl)cccc1Cl)C(=O)CN(c1ccc(OCC)cc1)S(=O)(=O)c1ccc(OC)c(OC)c1. The lowest BCUT2D eigenvalue weighted by Gasteiger charge is -2.32. The summed E-state index contributed by atoms with van der Waals surface area (Å²) in [6.45, 7) is 5.49. The van der Waals surface area contributed by atoms with Crippen molar-refractivity contribution in [2.24, 2.45) is 0 Å². The van der Waals surface area contributed by atoms with Crippen LogP contribution in [0.15, 0.2) is 65.6 Å². The predicted molar refractivity (Wildman–Crippen MR) is 176 cm³/mol. The first-order valence-corrected chi connectivity index (χ1v) is 16.7. The lowest BCUT2D eigenvalue weighted by atomic mass is 10.1. The van der Waals surface area contributed by atoms with Crippen LogP contribution < -0.4 is 23.8 Å². The number of anilines is 1. The number of hydrogen-bond acceptors (Lipinski definition) is 7. The van der Waals surface area contributed by atoms with Crippen molar-refractivity contribution in [2.45, 2.75) is 51.1 Å². The Morgan fingerprint density at radius 2 is 1.58 bits per heavy atom. The van der Waals surface area contributed by atoms with Crippen molar-refractivity contribution < 1.29 is 32.2 Å². The minimum atomic E-state index is -4.36. The number of carbonyl (C=O) groups is 2. The second-order valence-electron chi connectivity index (χ2n) is 10.00. The molecule has 0 saturated carbocycles. The highest BCUT2D eigenvalue weighted by atomic mass is 35.5. The first kappa shape index (κ1) is 35.8. The Kier molecular flexibility index (Phi) is 13.2. The van der Waals surface area contributed by atoms with Crippen LogP contribution in [0.1, 0.15) is 39.2 Å². The first-order valence-electron chi connectivity index (χ1n) is 14.5. The summed E-state index contributed by atoms with van der Waals surface area (Å²) in [4.78, 5) is 28.5. The Morgan fingerprint density at radius 1 is 0.933 bits per heavy atom. The number of benzene rings is 3. The van der Waals surface area contributed by atoms with Gasteiger partial charge in [0.2, 0.25) is 11.8 Å². The third-order valence-electron chi connectivity index (χ3n) is 7.04. The maximum Gasteiger partial charge on any atom is 0.264 e. The molecule has 0 radical (unpaired) electrons. The third kappa shape index (κ3) is 8.96. The van der Waals surface area contributed by atoms with Gasteiger partial charge in [0.05, 0.1) is 31.4 Å². The van der Waals surface area contributed by atoms with Gasteiger partial charge in [-0.05, 0) is 68.8 Å². The van der Waals surface area contributed by atoms with Crippen LogP contribution in [-0.2, 0) is 26.2 Å². The van der Waals surface area contributed by atoms with Crippen LogP contribution in [0.2, 0.25) is 10.0 Å². The molecule has 0 unspecified atom stereocenters. The van der Waals surface area contributed by atoms with E-state index in [0.29, 0.717) is 40.3 Å². The van der Waals surface area contributed by atoms with Gasteiger partial charge in [-0.3, -0.25) is 13.9 Å². The molecule has 0 fully saturated rings. The molecule has 1 N–H and O–H groups in total. The molecule has 0 spiro atoms. The molecule has 0 aromatic heterocycles. The fourth-order valence-electron chi connectivity index (χ4n) is 4.48. The number of rotatable bonds is 16. The minimum Gasteiger partial charge on any atom is -0.494 e. The van der Waals surface area contributed by atoms with Crippen LogP contribution in [-0.4, -0.2) is 65.1 Å². The van der Waals surface area contributed by atoms with Crippen molar-refractivity contribution in [3.63, 3.8) is 0 Å². The van der Waals surface area contributed by atoms with Crippen LogP contribution in [0.4, 0.5) is 5.69 Å². The summed E-state index contributed by atoms with van der Waals surface area (Å²) >= 11 is 12.9. The summed E-state index contributed by atoms with van der Waals surface area (Å²) in [5, 5.41) is 3.46. The topological polar surface area (TPSA) is 114 Å². The summed E-state index contributed by atoms with van der Waals surface area (Å²) in [5.41, 5.74) is 0.634. The number of unbranched alkanes of at least 4 members (excludes halogenated alkanes) is 1. The third-order valence-corrected chi connectivity index (χ3v) is 9.52. The average Bonchev–Trinajstić information content (AvgIpc) is 3.03. The molecular formula is C32H39Cl2N3O7S. The molecule has 3 aromatic rings. The maximum absolute atomic E-state index is 14.2. The summed E-state index contributed by atoms with van der Waals surface area (Å²) < 4.78 is 45.6. The summed E-state index contributed by atoms with van der Waals surface area (Å²) in [6, 6.07) is 14.4. The summed E-state index contributed by atoms with van der Waals surface area (Å²) in [6.07, 6.45) is 1.63. The molecule has 3 aromatic carbocycles. The van der Waals surface area contributed by atoms with Gasteiger partial charge in [0.25, 0.3) is 10.0 Å². The molecule has 0 aliphatic heterocycles. The molecule has 45 heavy (non-hydrogen) atoms. The second-order valence-corrected chi connectivity index (χ2v) is 12.7. The van der Waals surface area contributed by atoms with Gasteiger partial charge in [0.1, 0.15) is 18.3 Å². The molecule has 0 aliphatic rings. The van der Waals surface area contributed by atoms with E-state index in [4.69, 9.17) is 37.4 Å². The van der Waals surface area contributed by atoms with Crippen LogP contribution >= 0.6 is 23.2 Å². The number of halogens is 2. The van der Waals surface area contributed by atoms with Crippen molar-refractivity contribution >= 4 is 50.7 Å². The summed E-state index contributed by atoms with van der Waals surface area (Å²) in [5.74, 6) is 0.0237. The van der Waals surface area contributed by atoms with Gasteiger partial charge < -0.3 is 24.4 Å². The highest BCUT2D eigenvalue weighted by Gasteiger charge is 2.33. The van der Waals surface area contributed by atoms with Gasteiger partial charge in [-0.1, -0.05) is 42.6 Å². The maximum atomic E-state index is 14.2. The van der Waals surface area contributed by atoms with E-state index < -0.39 is 34.4 Å². The Labute approximate surface area is 275 Å². The Balaban J connectivity index is 2.09. The number of amides is 2. The van der Waals surface area contributed by atoms with Crippen molar-refractivity contribution in [3.8, 4) is 17.2 Å². The summed E-state index contributed by atoms with van der Waals surface area (Å²) in [7, 11) is -1.53. The molecular weight excluding hydrogens is 641 g/mol. The molecule has 2 amide bonds. The van der Waals surface area contributed by atoms with Gasteiger partial charge in [-0.25, -0.2) is 8.42 Å². The molecule has 0 saturated heterocycles. The van der Waals surface area contributed by atoms with Gasteiger partial charge in [-0.15, -0.1) is 0 Å². The van der Waals surface area contributed by atoms with Crippen molar-refractivity contribution in [2.75, 3.05) is 38.2 Å². The van der Waals surface area contributed by atoms with E-state index in [-0.39, 0.29) is 22.9 Å². The largest absolute Gasteiger partial charge is 0.494 e. The zero-order valence-electron chi connectivity index (χ0n) is 26.0. The van der Waals surface area contributed by atoms with Crippen molar-refractivity contribution in [1.82, 2.24) is 10.2 Å². The lowest BCUT2D eigenvalue weighted by Crippen LogP contribution is -2.51. The zero-order chi connectivity index (χ0) is 33.1. The number of hydrogen-bond donors (Lipinski definition) is 1. The average molecular weight is 681 g/mol. The van der Waals surface area contributed by atoms with Gasteiger partial charge in [0.15, 0.2) is 11.5 Å². The monoisotopic (exact) mass is 679 g/mol. The quantitative estimate of drug-likeness (QED) is 0.186. The molecule has 0 bridgehead atoms. The molecule has 0 aliphatic carbocycles. The van der Waals surface area contributed by atoms with E-state index in [1.807, 2.05) is 13.8 Å². The molecule has 244 valence electrons. The molecule has 10 nitrogen and oxygen atoms in total. The van der Waals surface area contributed by atoms with Crippen molar-refractivity contribution in [3.05, 3.63) is 76.3 Å². The molecule has 13 heteroatoms. The minimum absolute atomic E-state index is 0.132. The number of methoxy groups -OCH3 is 2. The Bertz CT molecular complexity index is 1550. The standard InChI is InChI=1S/C32H39Cl2N3O7S/c1-6-8-18-35-32(39)22(3)36(20-26-27(33)10-9-11-28(26)34)31(38)21-37(23-12-14-24(15-13-23)44-7-2)45(40,41)25-16-17-29(42-4)30(19-25)43-5/h9-17,19,22H,6-8,18,20-21H2,1-5H3,(H,35,39)/t22-/m1/s1. The fourth-order valence-corrected chi connectivity index (χ4v) is 6.43. The number of sulfonamides is 1. The van der Waals surface area contributed by atoms with E-state index in [0.717, 1.165) is 17.1 Å². The highest BCUT2D eigenvalue weighted by molar-refractivity contribution is 7.92.